The Balaban J connectivity index is 1.45. The summed E-state index contributed by atoms with van der Waals surface area (Å²) in [6.07, 6.45) is 1.24. The highest BCUT2D eigenvalue weighted by atomic mass is 19.1. The second-order valence-electron chi connectivity index (χ2n) is 7.34. The number of nitrogens with zero attached hydrogens (tertiary/aromatic N) is 2. The molecule has 1 fully saturated rings. The maximum absolute atomic E-state index is 14.0. The van der Waals surface area contributed by atoms with Gasteiger partial charge in [-0.05, 0) is 24.5 Å². The van der Waals surface area contributed by atoms with Crippen LogP contribution in [0.3, 0.4) is 0 Å². The first-order chi connectivity index (χ1) is 14.1. The van der Waals surface area contributed by atoms with Gasteiger partial charge in [0.15, 0.2) is 0 Å². The topological polar surface area (TPSA) is 71.0 Å². The highest BCUT2D eigenvalue weighted by molar-refractivity contribution is 6.04. The lowest BCUT2D eigenvalue weighted by Gasteiger charge is -2.24. The molecule has 1 N–H and O–H groups in total. The molecule has 2 aromatic carbocycles. The highest BCUT2D eigenvalue weighted by Gasteiger charge is 2.34. The van der Waals surface area contributed by atoms with Crippen LogP contribution in [-0.2, 0) is 21.0 Å². The number of hydrogen-bond acceptors (Lipinski definition) is 4. The number of halogens is 1. The third-order valence-corrected chi connectivity index (χ3v) is 4.93. The van der Waals surface area contributed by atoms with E-state index >= 15 is 0 Å². The maximum Gasteiger partial charge on any atom is 0.267 e. The van der Waals surface area contributed by atoms with Crippen LogP contribution in [0.1, 0.15) is 30.4 Å². The van der Waals surface area contributed by atoms with Gasteiger partial charge in [-0.2, -0.15) is 0 Å². The maximum atomic E-state index is 14.0. The van der Waals surface area contributed by atoms with Crippen LogP contribution in [0.25, 0.3) is 0 Å². The quantitative estimate of drug-likeness (QED) is 0.784. The van der Waals surface area contributed by atoms with E-state index in [0.29, 0.717) is 11.3 Å². The summed E-state index contributed by atoms with van der Waals surface area (Å²) < 4.78 is 14.0. The number of nitrogens with one attached hydrogen (secondary N) is 1. The van der Waals surface area contributed by atoms with E-state index in [-0.39, 0.29) is 37.4 Å². The summed E-state index contributed by atoms with van der Waals surface area (Å²) in [4.78, 5) is 32.2. The van der Waals surface area contributed by atoms with Crippen molar-refractivity contribution in [2.24, 2.45) is 5.16 Å². The van der Waals surface area contributed by atoms with Crippen LogP contribution in [0.2, 0.25) is 0 Å². The van der Waals surface area contributed by atoms with Crippen LogP contribution in [0.15, 0.2) is 59.8 Å². The van der Waals surface area contributed by atoms with Crippen LogP contribution in [0.5, 0.6) is 0 Å². The Bertz CT molecular complexity index is 928. The zero-order chi connectivity index (χ0) is 20.2. The van der Waals surface area contributed by atoms with E-state index in [4.69, 9.17) is 4.84 Å². The van der Waals surface area contributed by atoms with E-state index in [1.165, 1.54) is 11.0 Å². The average Bonchev–Trinajstić information content (AvgIpc) is 3.40. The molecule has 1 aliphatic carbocycles. The minimum absolute atomic E-state index is 0.0564. The van der Waals surface area contributed by atoms with Crippen molar-refractivity contribution in [2.75, 3.05) is 6.54 Å². The summed E-state index contributed by atoms with van der Waals surface area (Å²) in [5, 5.41) is 6.83. The Morgan fingerprint density at radius 3 is 2.55 bits per heavy atom. The molecule has 7 heteroatoms. The first-order valence-electron chi connectivity index (χ1n) is 9.70. The van der Waals surface area contributed by atoms with Crippen molar-refractivity contribution >= 4 is 17.5 Å². The van der Waals surface area contributed by atoms with Crippen molar-refractivity contribution < 1.29 is 18.8 Å². The van der Waals surface area contributed by atoms with Gasteiger partial charge >= 0.3 is 0 Å². The molecule has 0 bridgehead atoms. The van der Waals surface area contributed by atoms with Gasteiger partial charge in [-0.25, -0.2) is 4.39 Å². The molecule has 2 aromatic rings. The van der Waals surface area contributed by atoms with Gasteiger partial charge in [0.25, 0.3) is 5.91 Å². The number of carbonyl (C=O) groups is 2. The van der Waals surface area contributed by atoms with Crippen LogP contribution < -0.4 is 5.32 Å². The summed E-state index contributed by atoms with van der Waals surface area (Å²) in [5.74, 6) is -0.937. The van der Waals surface area contributed by atoms with Crippen LogP contribution >= 0.6 is 0 Å². The molecule has 1 aliphatic heterocycles. The van der Waals surface area contributed by atoms with Gasteiger partial charge in [0.05, 0.1) is 5.71 Å². The number of rotatable bonds is 7. The molecule has 6 nitrogen and oxygen atoms in total. The lowest BCUT2D eigenvalue weighted by molar-refractivity contribution is -0.145. The molecule has 0 unspecified atom stereocenters. The molecule has 4 rings (SSSR count). The monoisotopic (exact) mass is 395 g/mol. The molecule has 1 heterocycles. The zero-order valence-corrected chi connectivity index (χ0v) is 15.9. The third kappa shape index (κ3) is 4.80. The van der Waals surface area contributed by atoms with Gasteiger partial charge in [-0.15, -0.1) is 0 Å². The minimum atomic E-state index is -0.873. The van der Waals surface area contributed by atoms with Gasteiger partial charge in [-0.3, -0.25) is 9.59 Å². The Hall–Kier alpha value is -3.22. The fourth-order valence-corrected chi connectivity index (χ4v) is 3.26. The first kappa shape index (κ1) is 19.1. The molecule has 2 aliphatic rings. The van der Waals surface area contributed by atoms with Gasteiger partial charge < -0.3 is 15.1 Å². The molecule has 0 radical (unpaired) electrons. The van der Waals surface area contributed by atoms with E-state index in [0.717, 1.165) is 18.4 Å². The number of oxime groups is 1. The molecule has 0 spiro atoms. The fraction of sp³-hybridized carbons (Fsp3) is 0.318. The van der Waals surface area contributed by atoms with E-state index in [1.807, 2.05) is 30.3 Å². The standard InChI is InChI=1S/C22H22FN3O3/c23-18-9-5-4-8-17(18)19-12-20(29-25-19)22(28)26(13-15-6-2-1-3-7-15)14-21(27)24-16-10-11-16/h1-9,16,20H,10-14H2,(H,24,27)/t20-/m1/s1. The van der Waals surface area contributed by atoms with Crippen molar-refractivity contribution in [1.29, 1.82) is 0 Å². The summed E-state index contributed by atoms with van der Waals surface area (Å²) >= 11 is 0. The molecule has 0 aromatic heterocycles. The van der Waals surface area contributed by atoms with E-state index in [9.17, 15) is 14.0 Å². The highest BCUT2D eigenvalue weighted by Crippen LogP contribution is 2.22. The predicted octanol–water partition coefficient (Wildman–Crippen LogP) is 2.63. The molecule has 2 amide bonds. The van der Waals surface area contributed by atoms with Gasteiger partial charge in [0, 0.05) is 24.6 Å². The van der Waals surface area contributed by atoms with Crippen molar-refractivity contribution in [1.82, 2.24) is 10.2 Å². The van der Waals surface area contributed by atoms with Crippen molar-refractivity contribution in [3.63, 3.8) is 0 Å². The number of benzene rings is 2. The van der Waals surface area contributed by atoms with Crippen LogP contribution in [-0.4, -0.2) is 41.1 Å². The van der Waals surface area contributed by atoms with Gasteiger partial charge in [0.2, 0.25) is 12.0 Å². The lowest BCUT2D eigenvalue weighted by Crippen LogP contribution is -2.45. The smallest absolute Gasteiger partial charge is 0.267 e. The van der Waals surface area contributed by atoms with Gasteiger partial charge in [0.1, 0.15) is 12.4 Å². The molecule has 29 heavy (non-hydrogen) atoms. The lowest BCUT2D eigenvalue weighted by atomic mass is 10.0. The Labute approximate surface area is 168 Å². The summed E-state index contributed by atoms with van der Waals surface area (Å²) in [6, 6.07) is 15.9. The molecule has 150 valence electrons. The molecule has 1 atom stereocenters. The largest absolute Gasteiger partial charge is 0.382 e. The van der Waals surface area contributed by atoms with E-state index in [1.54, 1.807) is 18.2 Å². The van der Waals surface area contributed by atoms with Crippen molar-refractivity contribution in [3.8, 4) is 0 Å². The van der Waals surface area contributed by atoms with Crippen molar-refractivity contribution in [2.45, 2.75) is 38.0 Å². The Morgan fingerprint density at radius 1 is 1.10 bits per heavy atom. The predicted molar refractivity (Wildman–Crippen MR) is 105 cm³/mol. The zero-order valence-electron chi connectivity index (χ0n) is 15.9. The summed E-state index contributed by atoms with van der Waals surface area (Å²) in [6.45, 7) is 0.228. The number of amides is 2. The Kier molecular flexibility index (Phi) is 5.55. The molecule has 1 saturated carbocycles. The van der Waals surface area contributed by atoms with E-state index < -0.39 is 11.9 Å². The van der Waals surface area contributed by atoms with E-state index in [2.05, 4.69) is 10.5 Å². The molecular formula is C22H22FN3O3. The first-order valence-corrected chi connectivity index (χ1v) is 9.70. The molecular weight excluding hydrogens is 373 g/mol. The normalized spacial score (nSPS) is 18.0. The molecule has 0 saturated heterocycles. The SMILES string of the molecule is O=C(CN(Cc1ccccc1)C(=O)[C@H]1CC(c2ccccc2F)=NO1)NC1CC1. The third-order valence-electron chi connectivity index (χ3n) is 4.93. The average molecular weight is 395 g/mol. The van der Waals surface area contributed by atoms with Crippen LogP contribution in [0.4, 0.5) is 4.39 Å². The Morgan fingerprint density at radius 2 is 1.83 bits per heavy atom. The minimum Gasteiger partial charge on any atom is -0.382 e. The second kappa shape index (κ2) is 8.43. The number of hydrogen-bond donors (Lipinski definition) is 1. The number of carbonyl (C=O) groups excluding carboxylic acids is 2. The second-order valence-corrected chi connectivity index (χ2v) is 7.34. The fourth-order valence-electron chi connectivity index (χ4n) is 3.26. The summed E-state index contributed by atoms with van der Waals surface area (Å²) in [7, 11) is 0. The summed E-state index contributed by atoms with van der Waals surface area (Å²) in [5.41, 5.74) is 1.63. The van der Waals surface area contributed by atoms with Crippen molar-refractivity contribution in [3.05, 3.63) is 71.5 Å². The van der Waals surface area contributed by atoms with Gasteiger partial charge in [-0.1, -0.05) is 53.7 Å². The van der Waals surface area contributed by atoms with Crippen LogP contribution in [0, 0.1) is 5.82 Å².